The van der Waals surface area contributed by atoms with Crippen molar-refractivity contribution >= 4 is 28.9 Å². The van der Waals surface area contributed by atoms with Crippen LogP contribution in [-0.2, 0) is 4.79 Å². The molecule has 1 heterocycles. The lowest BCUT2D eigenvalue weighted by Crippen LogP contribution is -2.17. The van der Waals surface area contributed by atoms with Crippen LogP contribution in [0.4, 0.5) is 10.1 Å². The van der Waals surface area contributed by atoms with E-state index < -0.39 is 11.8 Å². The Balaban J connectivity index is 1.50. The number of amides is 1. The highest BCUT2D eigenvalue weighted by molar-refractivity contribution is 7.12. The number of nitrogens with one attached hydrogen (secondary N) is 1. The highest BCUT2D eigenvalue weighted by Crippen LogP contribution is 2.18. The number of hydrogen-bond donors (Lipinski definition) is 1. The van der Waals surface area contributed by atoms with E-state index in [1.807, 2.05) is 5.38 Å². The van der Waals surface area contributed by atoms with Crippen LogP contribution in [-0.4, -0.2) is 18.5 Å². The molecular formula is C19H14FNO4S. The number of benzene rings is 2. The molecule has 3 aromatic rings. The molecule has 0 saturated heterocycles. The average Bonchev–Trinajstić information content (AvgIpc) is 3.17. The standard InChI is InChI=1S/C19H14FNO4S/c20-13-3-1-4-16(11-13)24-12-18(22)25-15-8-6-14(7-9-15)21-19(23)17-5-2-10-26-17/h1-11H,12H2,(H,21,23). The summed E-state index contributed by atoms with van der Waals surface area (Å²) in [4.78, 5) is 24.3. The molecule has 3 rings (SSSR count). The van der Waals surface area contributed by atoms with Gasteiger partial charge in [-0.05, 0) is 47.8 Å². The van der Waals surface area contributed by atoms with E-state index >= 15 is 0 Å². The fourth-order valence-corrected chi connectivity index (χ4v) is 2.69. The fourth-order valence-electron chi connectivity index (χ4n) is 2.07. The molecule has 0 radical (unpaired) electrons. The van der Waals surface area contributed by atoms with E-state index in [9.17, 15) is 14.0 Å². The smallest absolute Gasteiger partial charge is 0.349 e. The van der Waals surface area contributed by atoms with E-state index in [1.54, 1.807) is 42.5 Å². The molecule has 0 bridgehead atoms. The first-order valence-corrected chi connectivity index (χ1v) is 8.52. The second-order valence-corrected chi connectivity index (χ2v) is 6.12. The van der Waals surface area contributed by atoms with Crippen molar-refractivity contribution in [2.45, 2.75) is 0 Å². The van der Waals surface area contributed by atoms with Crippen molar-refractivity contribution in [1.82, 2.24) is 0 Å². The van der Waals surface area contributed by atoms with E-state index in [4.69, 9.17) is 9.47 Å². The average molecular weight is 371 g/mol. The Labute approximate surface area is 153 Å². The lowest BCUT2D eigenvalue weighted by molar-refractivity contribution is -0.136. The van der Waals surface area contributed by atoms with Crippen molar-refractivity contribution in [3.63, 3.8) is 0 Å². The van der Waals surface area contributed by atoms with Crippen LogP contribution in [0, 0.1) is 5.82 Å². The summed E-state index contributed by atoms with van der Waals surface area (Å²) in [6, 6.07) is 15.4. The minimum Gasteiger partial charge on any atom is -0.482 e. The van der Waals surface area contributed by atoms with Gasteiger partial charge in [-0.15, -0.1) is 11.3 Å². The number of ether oxygens (including phenoxy) is 2. The van der Waals surface area contributed by atoms with Gasteiger partial charge in [0.15, 0.2) is 6.61 Å². The summed E-state index contributed by atoms with van der Waals surface area (Å²) in [5, 5.41) is 4.57. The molecule has 0 atom stereocenters. The van der Waals surface area contributed by atoms with Gasteiger partial charge < -0.3 is 14.8 Å². The van der Waals surface area contributed by atoms with Crippen LogP contribution in [0.1, 0.15) is 9.67 Å². The summed E-state index contributed by atoms with van der Waals surface area (Å²) in [5.41, 5.74) is 0.583. The van der Waals surface area contributed by atoms with E-state index in [0.717, 1.165) is 0 Å². The van der Waals surface area contributed by atoms with Gasteiger partial charge in [-0.2, -0.15) is 0 Å². The lowest BCUT2D eigenvalue weighted by atomic mass is 10.3. The minimum atomic E-state index is -0.621. The summed E-state index contributed by atoms with van der Waals surface area (Å²) in [6.07, 6.45) is 0. The zero-order valence-electron chi connectivity index (χ0n) is 13.5. The third-order valence-electron chi connectivity index (χ3n) is 3.24. The zero-order valence-corrected chi connectivity index (χ0v) is 14.3. The van der Waals surface area contributed by atoms with Crippen LogP contribution < -0.4 is 14.8 Å². The number of hydrogen-bond acceptors (Lipinski definition) is 5. The summed E-state index contributed by atoms with van der Waals surface area (Å²) in [6.45, 7) is -0.347. The molecule has 26 heavy (non-hydrogen) atoms. The molecule has 0 spiro atoms. The van der Waals surface area contributed by atoms with Crippen molar-refractivity contribution in [3.8, 4) is 11.5 Å². The fraction of sp³-hybridized carbons (Fsp3) is 0.0526. The Morgan fingerprint density at radius 1 is 1.00 bits per heavy atom. The Bertz CT molecular complexity index is 894. The van der Waals surface area contributed by atoms with Gasteiger partial charge in [-0.3, -0.25) is 4.79 Å². The van der Waals surface area contributed by atoms with Crippen LogP contribution in [0.3, 0.4) is 0 Å². The molecule has 0 aliphatic heterocycles. The topological polar surface area (TPSA) is 64.6 Å². The largest absolute Gasteiger partial charge is 0.482 e. The Morgan fingerprint density at radius 3 is 2.50 bits per heavy atom. The van der Waals surface area contributed by atoms with E-state index in [0.29, 0.717) is 16.3 Å². The molecule has 0 fully saturated rings. The highest BCUT2D eigenvalue weighted by atomic mass is 32.1. The monoisotopic (exact) mass is 371 g/mol. The summed E-state index contributed by atoms with van der Waals surface area (Å²) < 4.78 is 23.3. The van der Waals surface area contributed by atoms with Gasteiger partial charge in [0.05, 0.1) is 4.88 Å². The Kier molecular flexibility index (Phi) is 5.60. The molecule has 0 saturated carbocycles. The second-order valence-electron chi connectivity index (χ2n) is 5.18. The van der Waals surface area contributed by atoms with Gasteiger partial charge in [-0.1, -0.05) is 12.1 Å². The quantitative estimate of drug-likeness (QED) is 0.523. The van der Waals surface area contributed by atoms with Crippen molar-refractivity contribution < 1.29 is 23.5 Å². The number of anilines is 1. The molecular weight excluding hydrogens is 357 g/mol. The first kappa shape index (κ1) is 17.6. The molecule has 5 nitrogen and oxygen atoms in total. The van der Waals surface area contributed by atoms with Crippen molar-refractivity contribution in [1.29, 1.82) is 0 Å². The third-order valence-corrected chi connectivity index (χ3v) is 4.11. The molecule has 2 aromatic carbocycles. The molecule has 0 aliphatic rings. The predicted octanol–water partition coefficient (Wildman–Crippen LogP) is 4.12. The maximum atomic E-state index is 13.0. The summed E-state index contributed by atoms with van der Waals surface area (Å²) in [7, 11) is 0. The normalized spacial score (nSPS) is 10.2. The molecule has 0 aliphatic carbocycles. The maximum Gasteiger partial charge on any atom is 0.349 e. The first-order valence-electron chi connectivity index (χ1n) is 7.64. The number of carbonyl (C=O) groups is 2. The summed E-state index contributed by atoms with van der Waals surface area (Å²) in [5.74, 6) is -0.713. The minimum absolute atomic E-state index is 0.201. The molecule has 1 amide bonds. The highest BCUT2D eigenvalue weighted by Gasteiger charge is 2.09. The van der Waals surface area contributed by atoms with Gasteiger partial charge in [-0.25, -0.2) is 9.18 Å². The van der Waals surface area contributed by atoms with Gasteiger partial charge in [0, 0.05) is 11.8 Å². The molecule has 0 unspecified atom stereocenters. The zero-order chi connectivity index (χ0) is 18.4. The van der Waals surface area contributed by atoms with E-state index in [2.05, 4.69) is 5.32 Å². The van der Waals surface area contributed by atoms with Crippen LogP contribution in [0.15, 0.2) is 66.0 Å². The Hall–Kier alpha value is -3.19. The number of carbonyl (C=O) groups excluding carboxylic acids is 2. The molecule has 1 aromatic heterocycles. The van der Waals surface area contributed by atoms with Gasteiger partial charge >= 0.3 is 5.97 Å². The van der Waals surface area contributed by atoms with Crippen molar-refractivity contribution in [3.05, 3.63) is 76.7 Å². The number of rotatable bonds is 6. The molecule has 1 N–H and O–H groups in total. The van der Waals surface area contributed by atoms with Gasteiger partial charge in [0.2, 0.25) is 0 Å². The molecule has 132 valence electrons. The maximum absolute atomic E-state index is 13.0. The Morgan fingerprint density at radius 2 is 1.81 bits per heavy atom. The van der Waals surface area contributed by atoms with E-state index in [-0.39, 0.29) is 18.3 Å². The van der Waals surface area contributed by atoms with Crippen LogP contribution in [0.5, 0.6) is 11.5 Å². The number of esters is 1. The van der Waals surface area contributed by atoms with E-state index in [1.165, 1.54) is 29.5 Å². The second kappa shape index (κ2) is 8.26. The third kappa shape index (κ3) is 4.90. The summed E-state index contributed by atoms with van der Waals surface area (Å²) >= 11 is 1.35. The van der Waals surface area contributed by atoms with Crippen molar-refractivity contribution in [2.24, 2.45) is 0 Å². The number of halogens is 1. The first-order chi connectivity index (χ1) is 12.6. The molecule has 7 heteroatoms. The van der Waals surface area contributed by atoms with Crippen LogP contribution in [0.25, 0.3) is 0 Å². The predicted molar refractivity (Wildman–Crippen MR) is 96.2 cm³/mol. The lowest BCUT2D eigenvalue weighted by Gasteiger charge is -2.08. The van der Waals surface area contributed by atoms with Crippen LogP contribution in [0.2, 0.25) is 0 Å². The SMILES string of the molecule is O=C(COc1cccc(F)c1)Oc1ccc(NC(=O)c2cccs2)cc1. The van der Waals surface area contributed by atoms with Gasteiger partial charge in [0.25, 0.3) is 5.91 Å². The van der Waals surface area contributed by atoms with Crippen LogP contribution >= 0.6 is 11.3 Å². The number of thiophene rings is 1. The van der Waals surface area contributed by atoms with Crippen molar-refractivity contribution in [2.75, 3.05) is 11.9 Å². The van der Waals surface area contributed by atoms with Gasteiger partial charge in [0.1, 0.15) is 17.3 Å².